The molecule has 0 aliphatic carbocycles. The molecular weight excluding hydrogens is 336 g/mol. The number of hydrogen-bond donors (Lipinski definition) is 0. The molecule has 9 heteroatoms. The van der Waals surface area contributed by atoms with E-state index in [4.69, 9.17) is 4.74 Å². The van der Waals surface area contributed by atoms with Gasteiger partial charge in [0.05, 0.1) is 16.2 Å². The Morgan fingerprint density at radius 2 is 2.04 bits per heavy atom. The number of sulfone groups is 1. The van der Waals surface area contributed by atoms with Crippen LogP contribution in [0.25, 0.3) is 0 Å². The second kappa shape index (κ2) is 7.18. The van der Waals surface area contributed by atoms with E-state index >= 15 is 0 Å². The maximum atomic E-state index is 12.1. The van der Waals surface area contributed by atoms with Gasteiger partial charge in [-0.2, -0.15) is 0 Å². The lowest BCUT2D eigenvalue weighted by atomic mass is 10.1. The highest BCUT2D eigenvalue weighted by molar-refractivity contribution is 7.91. The van der Waals surface area contributed by atoms with Gasteiger partial charge in [-0.15, -0.1) is 0 Å². The molecule has 0 atom stereocenters. The number of aromatic nitrogens is 1. The second-order valence-corrected chi connectivity index (χ2v) is 6.99. The van der Waals surface area contributed by atoms with Crippen LogP contribution in [0.2, 0.25) is 0 Å². The Balaban J connectivity index is 1.97. The molecule has 126 valence electrons. The highest BCUT2D eigenvalue weighted by Crippen LogP contribution is 2.14. The van der Waals surface area contributed by atoms with Crippen molar-refractivity contribution in [3.05, 3.63) is 63.8 Å². The minimum Gasteiger partial charge on any atom is -0.461 e. The lowest BCUT2D eigenvalue weighted by molar-refractivity contribution is -0.385. The van der Waals surface area contributed by atoms with E-state index in [-0.39, 0.29) is 17.3 Å². The quantitative estimate of drug-likeness (QED) is 0.444. The van der Waals surface area contributed by atoms with Crippen LogP contribution in [0, 0.1) is 17.0 Å². The Morgan fingerprint density at radius 1 is 1.29 bits per heavy atom. The zero-order valence-corrected chi connectivity index (χ0v) is 13.5. The fourth-order valence-corrected chi connectivity index (χ4v) is 2.87. The number of carbonyl (C=O) groups excluding carboxylic acids is 1. The van der Waals surface area contributed by atoms with Crippen LogP contribution in [0.5, 0.6) is 0 Å². The molecule has 0 bridgehead atoms. The Labute approximate surface area is 138 Å². The summed E-state index contributed by atoms with van der Waals surface area (Å²) in [6.45, 7) is 1.48. The monoisotopic (exact) mass is 350 g/mol. The number of hydrogen-bond acceptors (Lipinski definition) is 7. The maximum absolute atomic E-state index is 12.1. The molecule has 2 aromatic rings. The summed E-state index contributed by atoms with van der Waals surface area (Å²) in [6.07, 6.45) is 0.867. The fraction of sp³-hybridized carbons (Fsp3) is 0.200. The summed E-state index contributed by atoms with van der Waals surface area (Å²) in [4.78, 5) is 25.3. The molecule has 0 spiro atoms. The van der Waals surface area contributed by atoms with E-state index in [0.29, 0.717) is 5.56 Å². The molecule has 1 heterocycles. The maximum Gasteiger partial charge on any atom is 0.338 e. The van der Waals surface area contributed by atoms with E-state index in [1.165, 1.54) is 0 Å². The average Bonchev–Trinajstić information content (AvgIpc) is 2.54. The third-order valence-electron chi connectivity index (χ3n) is 3.09. The van der Waals surface area contributed by atoms with E-state index < -0.39 is 26.5 Å². The van der Waals surface area contributed by atoms with E-state index in [2.05, 4.69) is 4.98 Å². The highest BCUT2D eigenvalue weighted by Gasteiger charge is 2.19. The fourth-order valence-electron chi connectivity index (χ4n) is 1.87. The summed E-state index contributed by atoms with van der Waals surface area (Å²) in [5.74, 6) is -1.08. The standard InChI is InChI=1S/C15H14N2O6S/c1-11-3-2-4-12(9-11)15(18)23-7-8-24(21,22)14-6-5-13(10-16-14)17(19)20/h2-6,9-10H,7-8H2,1H3. The third kappa shape index (κ3) is 4.35. The van der Waals surface area contributed by atoms with Crippen LogP contribution < -0.4 is 0 Å². The van der Waals surface area contributed by atoms with Crippen molar-refractivity contribution in [2.75, 3.05) is 12.4 Å². The Hall–Kier alpha value is -2.81. The molecule has 0 aliphatic rings. The largest absolute Gasteiger partial charge is 0.461 e. The van der Waals surface area contributed by atoms with E-state index in [9.17, 15) is 23.3 Å². The van der Waals surface area contributed by atoms with Gasteiger partial charge in [-0.1, -0.05) is 17.7 Å². The van der Waals surface area contributed by atoms with Gasteiger partial charge in [-0.05, 0) is 25.1 Å². The average molecular weight is 350 g/mol. The van der Waals surface area contributed by atoms with Gasteiger partial charge in [0.2, 0.25) is 0 Å². The first-order valence-electron chi connectivity index (χ1n) is 6.86. The van der Waals surface area contributed by atoms with E-state index in [1.807, 2.05) is 13.0 Å². The molecule has 24 heavy (non-hydrogen) atoms. The molecule has 0 saturated heterocycles. The summed E-state index contributed by atoms with van der Waals surface area (Å²) in [7, 11) is -3.80. The molecule has 0 radical (unpaired) electrons. The Morgan fingerprint density at radius 3 is 2.62 bits per heavy atom. The van der Waals surface area contributed by atoms with Crippen molar-refractivity contribution in [3.63, 3.8) is 0 Å². The van der Waals surface area contributed by atoms with Crippen molar-refractivity contribution in [1.82, 2.24) is 4.98 Å². The summed E-state index contributed by atoms with van der Waals surface area (Å²) < 4.78 is 29.1. The minimum atomic E-state index is -3.80. The number of aryl methyl sites for hydroxylation is 1. The number of esters is 1. The van der Waals surface area contributed by atoms with Gasteiger partial charge >= 0.3 is 5.97 Å². The smallest absolute Gasteiger partial charge is 0.338 e. The molecule has 0 saturated carbocycles. The lowest BCUT2D eigenvalue weighted by Gasteiger charge is -2.06. The van der Waals surface area contributed by atoms with Crippen molar-refractivity contribution < 1.29 is 22.9 Å². The summed E-state index contributed by atoms with van der Waals surface area (Å²) in [5.41, 5.74) is 0.910. The zero-order valence-electron chi connectivity index (χ0n) is 12.7. The van der Waals surface area contributed by atoms with E-state index in [0.717, 1.165) is 23.9 Å². The molecular formula is C15H14N2O6S. The van der Waals surface area contributed by atoms with Crippen molar-refractivity contribution >= 4 is 21.5 Å². The van der Waals surface area contributed by atoms with Crippen LogP contribution in [-0.4, -0.2) is 36.7 Å². The highest BCUT2D eigenvalue weighted by atomic mass is 32.2. The Bertz CT molecular complexity index is 862. The van der Waals surface area contributed by atoms with Gasteiger partial charge in [0.15, 0.2) is 14.9 Å². The predicted octanol–water partition coefficient (Wildman–Crippen LogP) is 1.93. The van der Waals surface area contributed by atoms with Crippen LogP contribution in [0.15, 0.2) is 47.6 Å². The zero-order chi connectivity index (χ0) is 17.7. The molecule has 0 N–H and O–H groups in total. The molecule has 1 aromatic heterocycles. The Kier molecular flexibility index (Phi) is 5.24. The SMILES string of the molecule is Cc1cccc(C(=O)OCCS(=O)(=O)c2ccc([N+](=O)[O-])cn2)c1. The van der Waals surface area contributed by atoms with Gasteiger partial charge in [-0.3, -0.25) is 10.1 Å². The van der Waals surface area contributed by atoms with Gasteiger partial charge in [0.1, 0.15) is 12.8 Å². The van der Waals surface area contributed by atoms with Gasteiger partial charge in [-0.25, -0.2) is 18.2 Å². The number of rotatable bonds is 6. The van der Waals surface area contributed by atoms with Crippen LogP contribution in [0.3, 0.4) is 0 Å². The van der Waals surface area contributed by atoms with Crippen molar-refractivity contribution in [2.24, 2.45) is 0 Å². The normalized spacial score (nSPS) is 11.0. The summed E-state index contributed by atoms with van der Waals surface area (Å²) in [6, 6.07) is 8.83. The molecule has 1 aromatic carbocycles. The molecule has 0 amide bonds. The summed E-state index contributed by atoms with van der Waals surface area (Å²) in [5, 5.41) is 10.2. The predicted molar refractivity (Wildman–Crippen MR) is 84.4 cm³/mol. The van der Waals surface area contributed by atoms with Crippen molar-refractivity contribution in [1.29, 1.82) is 0 Å². The minimum absolute atomic E-state index is 0.306. The third-order valence-corrected chi connectivity index (χ3v) is 4.67. The number of carbonyl (C=O) groups is 1. The first kappa shape index (κ1) is 17.5. The van der Waals surface area contributed by atoms with Gasteiger partial charge in [0, 0.05) is 6.07 Å². The number of nitrogens with zero attached hydrogens (tertiary/aromatic N) is 2. The molecule has 0 aliphatic heterocycles. The first-order valence-corrected chi connectivity index (χ1v) is 8.52. The van der Waals surface area contributed by atoms with Crippen LogP contribution >= 0.6 is 0 Å². The van der Waals surface area contributed by atoms with Gasteiger partial charge < -0.3 is 4.74 Å². The van der Waals surface area contributed by atoms with Crippen LogP contribution in [-0.2, 0) is 14.6 Å². The molecule has 8 nitrogen and oxygen atoms in total. The van der Waals surface area contributed by atoms with Crippen molar-refractivity contribution in [2.45, 2.75) is 11.9 Å². The molecule has 2 rings (SSSR count). The number of benzene rings is 1. The first-order chi connectivity index (χ1) is 11.3. The number of pyridine rings is 1. The number of nitro groups is 1. The van der Waals surface area contributed by atoms with Crippen molar-refractivity contribution in [3.8, 4) is 0 Å². The van der Waals surface area contributed by atoms with Crippen LogP contribution in [0.1, 0.15) is 15.9 Å². The van der Waals surface area contributed by atoms with Crippen LogP contribution in [0.4, 0.5) is 5.69 Å². The summed E-state index contributed by atoms with van der Waals surface area (Å²) >= 11 is 0. The van der Waals surface area contributed by atoms with E-state index in [1.54, 1.807) is 18.2 Å². The molecule has 0 unspecified atom stereocenters. The molecule has 0 fully saturated rings. The topological polar surface area (TPSA) is 116 Å². The van der Waals surface area contributed by atoms with Gasteiger partial charge in [0.25, 0.3) is 5.69 Å². The lowest BCUT2D eigenvalue weighted by Crippen LogP contribution is -2.16. The second-order valence-electron chi connectivity index (χ2n) is 4.94. The number of ether oxygens (including phenoxy) is 1.